The summed E-state index contributed by atoms with van der Waals surface area (Å²) in [5, 5.41) is 4.38. The molecule has 0 saturated carbocycles. The van der Waals surface area contributed by atoms with Crippen molar-refractivity contribution in [1.82, 2.24) is 15.5 Å². The lowest BCUT2D eigenvalue weighted by Crippen LogP contribution is -2.68. The average molecular weight is 489 g/mol. The van der Waals surface area contributed by atoms with Crippen LogP contribution in [0.4, 0.5) is 33.7 Å². The number of anilines is 2. The molecule has 9 nitrogen and oxygen atoms in total. The Hall–Kier alpha value is -3.09. The molecule has 0 aliphatic carbocycles. The highest BCUT2D eigenvalue weighted by Crippen LogP contribution is 2.34. The minimum absolute atomic E-state index is 0.0928. The molecule has 1 aromatic carbocycles. The van der Waals surface area contributed by atoms with Gasteiger partial charge in [-0.25, -0.2) is 14.1 Å². The van der Waals surface area contributed by atoms with Gasteiger partial charge >= 0.3 is 12.3 Å². The van der Waals surface area contributed by atoms with Crippen LogP contribution in [-0.2, 0) is 14.3 Å². The van der Waals surface area contributed by atoms with Crippen molar-refractivity contribution < 1.29 is 36.7 Å². The van der Waals surface area contributed by atoms with Gasteiger partial charge in [-0.3, -0.25) is 14.5 Å². The van der Waals surface area contributed by atoms with E-state index in [0.29, 0.717) is 16.3 Å². The number of halogens is 4. The SMILES string of the molecule is CC(=O)NCC1CN(c2ccc(N3CCN(C(NC(C)=O)C(F)(F)F)[C@@](C)(F)C3)cc2)C(=O)O1. The largest absolute Gasteiger partial charge is 0.442 e. The van der Waals surface area contributed by atoms with Gasteiger partial charge in [0.1, 0.15) is 6.10 Å². The van der Waals surface area contributed by atoms with E-state index in [1.165, 1.54) is 11.8 Å². The summed E-state index contributed by atoms with van der Waals surface area (Å²) in [6.45, 7) is 3.24. The highest BCUT2D eigenvalue weighted by molar-refractivity contribution is 5.90. The molecule has 2 N–H and O–H groups in total. The standard InChI is InChI=1S/C21H27F4N5O4/c1-13(31)26-10-17-11-29(19(33)34-17)16-6-4-15(5-7-16)28-8-9-30(20(3,22)12-28)18(21(23,24)25)27-14(2)32/h4-7,17-18H,8-12H2,1-3H3,(H,26,31)(H,27,32)/t17?,18?,20-/m1/s1. The van der Waals surface area contributed by atoms with Crippen molar-refractivity contribution in [3.05, 3.63) is 24.3 Å². The number of cyclic esters (lactones) is 1. The third-order valence-corrected chi connectivity index (χ3v) is 5.63. The minimum Gasteiger partial charge on any atom is -0.442 e. The van der Waals surface area contributed by atoms with Gasteiger partial charge in [-0.15, -0.1) is 0 Å². The Morgan fingerprint density at radius 2 is 1.76 bits per heavy atom. The fourth-order valence-electron chi connectivity index (χ4n) is 4.07. The maximum Gasteiger partial charge on any atom is 0.422 e. The molecule has 0 bridgehead atoms. The Morgan fingerprint density at radius 3 is 2.29 bits per heavy atom. The van der Waals surface area contributed by atoms with E-state index in [9.17, 15) is 27.6 Å². The van der Waals surface area contributed by atoms with Gasteiger partial charge in [0, 0.05) is 38.3 Å². The highest BCUT2D eigenvalue weighted by atomic mass is 19.4. The number of amides is 3. The summed E-state index contributed by atoms with van der Waals surface area (Å²) >= 11 is 0. The van der Waals surface area contributed by atoms with Gasteiger partial charge in [-0.05, 0) is 31.2 Å². The van der Waals surface area contributed by atoms with Crippen molar-refractivity contribution in [2.75, 3.05) is 42.5 Å². The van der Waals surface area contributed by atoms with E-state index in [0.717, 1.165) is 13.8 Å². The zero-order valence-electron chi connectivity index (χ0n) is 19.0. The van der Waals surface area contributed by atoms with Crippen LogP contribution >= 0.6 is 0 Å². The van der Waals surface area contributed by atoms with Crippen LogP contribution in [0.3, 0.4) is 0 Å². The van der Waals surface area contributed by atoms with Crippen LogP contribution in [0, 0.1) is 0 Å². The van der Waals surface area contributed by atoms with Gasteiger partial charge in [0.2, 0.25) is 11.8 Å². The second-order valence-corrected chi connectivity index (χ2v) is 8.47. The van der Waals surface area contributed by atoms with Crippen molar-refractivity contribution in [3.63, 3.8) is 0 Å². The monoisotopic (exact) mass is 489 g/mol. The topological polar surface area (TPSA) is 94.2 Å². The molecule has 2 unspecified atom stereocenters. The third kappa shape index (κ3) is 5.88. The molecule has 2 heterocycles. The lowest BCUT2D eigenvalue weighted by atomic mass is 10.1. The molecule has 2 aliphatic heterocycles. The molecule has 3 amide bonds. The van der Waals surface area contributed by atoms with E-state index in [1.807, 2.05) is 0 Å². The number of hydrogen-bond acceptors (Lipinski definition) is 6. The summed E-state index contributed by atoms with van der Waals surface area (Å²) in [6.07, 6.45) is -8.34. The van der Waals surface area contributed by atoms with Crippen molar-refractivity contribution in [2.45, 2.75) is 45.0 Å². The van der Waals surface area contributed by atoms with E-state index >= 15 is 4.39 Å². The van der Waals surface area contributed by atoms with Gasteiger partial charge in [0.15, 0.2) is 12.0 Å². The average Bonchev–Trinajstić information content (AvgIpc) is 3.10. The van der Waals surface area contributed by atoms with Crippen molar-refractivity contribution in [2.24, 2.45) is 0 Å². The second-order valence-electron chi connectivity index (χ2n) is 8.47. The lowest BCUT2D eigenvalue weighted by molar-refractivity contribution is -0.224. The molecule has 0 radical (unpaired) electrons. The first kappa shape index (κ1) is 25.5. The number of carbonyl (C=O) groups excluding carboxylic acids is 3. The predicted octanol–water partition coefficient (Wildman–Crippen LogP) is 1.98. The molecule has 188 valence electrons. The van der Waals surface area contributed by atoms with Gasteiger partial charge in [-0.2, -0.15) is 13.2 Å². The van der Waals surface area contributed by atoms with Gasteiger partial charge in [-0.1, -0.05) is 0 Å². The van der Waals surface area contributed by atoms with Crippen LogP contribution in [0.5, 0.6) is 0 Å². The summed E-state index contributed by atoms with van der Waals surface area (Å²) in [5.74, 6) is -3.52. The van der Waals surface area contributed by atoms with Gasteiger partial charge in [0.25, 0.3) is 0 Å². The number of alkyl halides is 4. The smallest absolute Gasteiger partial charge is 0.422 e. The van der Waals surface area contributed by atoms with Crippen molar-refractivity contribution in [3.8, 4) is 0 Å². The number of rotatable bonds is 6. The summed E-state index contributed by atoms with van der Waals surface area (Å²) in [5.41, 5.74) is 1.10. The molecular formula is C21H27F4N5O4. The molecule has 13 heteroatoms. The summed E-state index contributed by atoms with van der Waals surface area (Å²) < 4.78 is 61.0. The number of benzene rings is 1. The van der Waals surface area contributed by atoms with Crippen LogP contribution in [0.25, 0.3) is 0 Å². The van der Waals surface area contributed by atoms with Crippen molar-refractivity contribution in [1.29, 1.82) is 0 Å². The Morgan fingerprint density at radius 1 is 1.15 bits per heavy atom. The number of nitrogens with one attached hydrogen (secondary N) is 2. The summed E-state index contributed by atoms with van der Waals surface area (Å²) in [7, 11) is 0. The van der Waals surface area contributed by atoms with Crippen LogP contribution in [0.1, 0.15) is 20.8 Å². The van der Waals surface area contributed by atoms with Crippen LogP contribution in [-0.4, -0.2) is 79.8 Å². The zero-order chi connectivity index (χ0) is 25.3. The number of carbonyl (C=O) groups is 3. The van der Waals surface area contributed by atoms with E-state index in [2.05, 4.69) is 5.32 Å². The molecule has 0 spiro atoms. The molecule has 2 aliphatic rings. The normalized spacial score (nSPS) is 24.6. The van der Waals surface area contributed by atoms with Crippen LogP contribution in [0.15, 0.2) is 24.3 Å². The third-order valence-electron chi connectivity index (χ3n) is 5.63. The Labute approximate surface area is 194 Å². The molecular weight excluding hydrogens is 462 g/mol. The van der Waals surface area contributed by atoms with Crippen LogP contribution in [0.2, 0.25) is 0 Å². The van der Waals surface area contributed by atoms with E-state index < -0.39 is 36.2 Å². The quantitative estimate of drug-likeness (QED) is 0.469. The molecule has 2 fully saturated rings. The summed E-state index contributed by atoms with van der Waals surface area (Å²) in [4.78, 5) is 38.1. The number of ether oxygens (including phenoxy) is 1. The fourth-order valence-corrected chi connectivity index (χ4v) is 4.07. The number of nitrogens with zero attached hydrogens (tertiary/aromatic N) is 3. The maximum atomic E-state index is 15.4. The minimum atomic E-state index is -4.84. The van der Waals surface area contributed by atoms with Crippen LogP contribution < -0.4 is 20.4 Å². The van der Waals surface area contributed by atoms with Gasteiger partial charge in [0.05, 0.1) is 19.6 Å². The number of hydrogen-bond donors (Lipinski definition) is 2. The highest BCUT2D eigenvalue weighted by Gasteiger charge is 2.52. The van der Waals surface area contributed by atoms with E-state index in [1.54, 1.807) is 34.5 Å². The van der Waals surface area contributed by atoms with Crippen molar-refractivity contribution >= 4 is 29.3 Å². The maximum absolute atomic E-state index is 15.4. The molecule has 3 atom stereocenters. The Bertz CT molecular complexity index is 925. The second kappa shape index (κ2) is 9.65. The van der Waals surface area contributed by atoms with E-state index in [-0.39, 0.29) is 38.6 Å². The molecule has 1 aromatic rings. The lowest BCUT2D eigenvalue weighted by Gasteiger charge is -2.48. The molecule has 34 heavy (non-hydrogen) atoms. The first-order chi connectivity index (χ1) is 15.8. The van der Waals surface area contributed by atoms with Gasteiger partial charge < -0.3 is 20.3 Å². The fraction of sp³-hybridized carbons (Fsp3) is 0.571. The summed E-state index contributed by atoms with van der Waals surface area (Å²) in [6, 6.07) is 6.55. The molecule has 3 rings (SSSR count). The number of piperazine rings is 1. The molecule has 0 aromatic heterocycles. The Balaban J connectivity index is 1.68. The van der Waals surface area contributed by atoms with E-state index in [4.69, 9.17) is 4.74 Å². The predicted molar refractivity (Wildman–Crippen MR) is 115 cm³/mol. The Kier molecular flexibility index (Phi) is 7.24. The molecule has 2 saturated heterocycles. The zero-order valence-corrected chi connectivity index (χ0v) is 19.0. The first-order valence-electron chi connectivity index (χ1n) is 10.6. The first-order valence-corrected chi connectivity index (χ1v) is 10.6.